The minimum atomic E-state index is -0.239. The fourth-order valence-electron chi connectivity index (χ4n) is 2.61. The van der Waals surface area contributed by atoms with Gasteiger partial charge < -0.3 is 9.84 Å². The van der Waals surface area contributed by atoms with E-state index in [1.165, 1.54) is 24.0 Å². The zero-order valence-corrected chi connectivity index (χ0v) is 11.3. The number of ether oxygens (including phenoxy) is 1. The minimum absolute atomic E-state index is 0.239. The van der Waals surface area contributed by atoms with Gasteiger partial charge in [-0.05, 0) is 56.6 Å². The molecule has 0 aliphatic carbocycles. The number of benzene rings is 1. The Labute approximate surface area is 110 Å². The van der Waals surface area contributed by atoms with Crippen LogP contribution >= 0.6 is 0 Å². The van der Waals surface area contributed by atoms with Crippen molar-refractivity contribution in [2.75, 3.05) is 6.61 Å². The van der Waals surface area contributed by atoms with Crippen LogP contribution in [0.2, 0.25) is 0 Å². The van der Waals surface area contributed by atoms with E-state index in [4.69, 9.17) is 4.74 Å². The Bertz CT molecular complexity index is 356. The summed E-state index contributed by atoms with van der Waals surface area (Å²) in [6.45, 7) is 3.00. The third-order valence-corrected chi connectivity index (χ3v) is 3.81. The van der Waals surface area contributed by atoms with Gasteiger partial charge in [0.05, 0.1) is 12.2 Å². The highest BCUT2D eigenvalue weighted by Crippen LogP contribution is 2.19. The molecule has 2 heteroatoms. The number of aliphatic hydroxyl groups excluding tert-OH is 1. The molecule has 2 rings (SSSR count). The minimum Gasteiger partial charge on any atom is -0.393 e. The number of aryl methyl sites for hydroxylation is 1. The Morgan fingerprint density at radius 3 is 2.89 bits per heavy atom. The molecule has 0 bridgehead atoms. The fraction of sp³-hybridized carbons (Fsp3) is 0.625. The highest BCUT2D eigenvalue weighted by molar-refractivity contribution is 5.26. The predicted octanol–water partition coefficient (Wildman–Crippen LogP) is 3.25. The van der Waals surface area contributed by atoms with E-state index in [1.807, 2.05) is 12.1 Å². The second kappa shape index (κ2) is 6.91. The first-order valence-corrected chi connectivity index (χ1v) is 7.10. The third kappa shape index (κ3) is 4.11. The van der Waals surface area contributed by atoms with Gasteiger partial charge in [-0.15, -0.1) is 0 Å². The lowest BCUT2D eigenvalue weighted by molar-refractivity contribution is 0.00233. The Morgan fingerprint density at radius 1 is 1.33 bits per heavy atom. The molecule has 2 unspecified atom stereocenters. The van der Waals surface area contributed by atoms with Gasteiger partial charge in [-0.2, -0.15) is 0 Å². The summed E-state index contributed by atoms with van der Waals surface area (Å²) in [7, 11) is 0. The highest BCUT2D eigenvalue weighted by Gasteiger charge is 2.16. The summed E-state index contributed by atoms with van der Waals surface area (Å²) in [6.07, 6.45) is 6.38. The van der Waals surface area contributed by atoms with Gasteiger partial charge in [0.2, 0.25) is 0 Å². The molecule has 2 atom stereocenters. The second-order valence-electron chi connectivity index (χ2n) is 5.35. The molecular weight excluding hydrogens is 224 g/mol. The lowest BCUT2D eigenvalue weighted by Gasteiger charge is -2.23. The van der Waals surface area contributed by atoms with Crippen LogP contribution in [0.4, 0.5) is 0 Å². The van der Waals surface area contributed by atoms with Gasteiger partial charge in [0, 0.05) is 6.61 Å². The summed E-state index contributed by atoms with van der Waals surface area (Å²) in [5.41, 5.74) is 2.53. The monoisotopic (exact) mass is 248 g/mol. The summed E-state index contributed by atoms with van der Waals surface area (Å²) in [5, 5.41) is 10.1. The van der Waals surface area contributed by atoms with Crippen molar-refractivity contribution in [3.63, 3.8) is 0 Å². The van der Waals surface area contributed by atoms with Crippen LogP contribution < -0.4 is 0 Å². The van der Waals surface area contributed by atoms with Crippen molar-refractivity contribution in [3.05, 3.63) is 35.4 Å². The summed E-state index contributed by atoms with van der Waals surface area (Å²) in [6, 6.07) is 8.29. The molecule has 0 amide bonds. The van der Waals surface area contributed by atoms with Crippen molar-refractivity contribution in [1.29, 1.82) is 0 Å². The zero-order valence-electron chi connectivity index (χ0n) is 11.3. The lowest BCUT2D eigenvalue weighted by Crippen LogP contribution is -2.22. The van der Waals surface area contributed by atoms with E-state index >= 15 is 0 Å². The third-order valence-electron chi connectivity index (χ3n) is 3.81. The quantitative estimate of drug-likeness (QED) is 0.866. The zero-order chi connectivity index (χ0) is 12.8. The average molecular weight is 248 g/mol. The first kappa shape index (κ1) is 13.6. The number of rotatable bonds is 5. The van der Waals surface area contributed by atoms with Gasteiger partial charge in [0.15, 0.2) is 0 Å². The maximum atomic E-state index is 10.1. The van der Waals surface area contributed by atoms with Gasteiger partial charge in [-0.1, -0.05) is 24.3 Å². The van der Waals surface area contributed by atoms with Gasteiger partial charge in [0.25, 0.3) is 0 Å². The molecule has 1 aromatic carbocycles. The smallest absolute Gasteiger partial charge is 0.0581 e. The van der Waals surface area contributed by atoms with E-state index in [9.17, 15) is 5.11 Å². The molecule has 1 saturated heterocycles. The summed E-state index contributed by atoms with van der Waals surface area (Å²) >= 11 is 0. The van der Waals surface area contributed by atoms with Gasteiger partial charge >= 0.3 is 0 Å². The maximum Gasteiger partial charge on any atom is 0.0581 e. The van der Waals surface area contributed by atoms with Crippen LogP contribution in [-0.2, 0) is 11.2 Å². The fourth-order valence-corrected chi connectivity index (χ4v) is 2.61. The molecular formula is C16H24O2. The molecule has 18 heavy (non-hydrogen) atoms. The van der Waals surface area contributed by atoms with Crippen molar-refractivity contribution >= 4 is 0 Å². The van der Waals surface area contributed by atoms with Crippen molar-refractivity contribution < 1.29 is 9.84 Å². The average Bonchev–Trinajstić information content (AvgIpc) is 2.40. The van der Waals surface area contributed by atoms with Crippen molar-refractivity contribution in [1.82, 2.24) is 0 Å². The Balaban J connectivity index is 1.74. The molecule has 1 fully saturated rings. The molecule has 0 radical (unpaired) electrons. The van der Waals surface area contributed by atoms with E-state index in [0.717, 1.165) is 32.3 Å². The van der Waals surface area contributed by atoms with E-state index in [-0.39, 0.29) is 6.10 Å². The molecule has 0 aromatic heterocycles. The van der Waals surface area contributed by atoms with Gasteiger partial charge in [0.1, 0.15) is 0 Å². The molecule has 0 saturated carbocycles. The Kier molecular flexibility index (Phi) is 5.21. The van der Waals surface area contributed by atoms with Crippen LogP contribution in [0.3, 0.4) is 0 Å². The van der Waals surface area contributed by atoms with Crippen LogP contribution in [0.15, 0.2) is 24.3 Å². The molecule has 2 nitrogen and oxygen atoms in total. The molecule has 0 spiro atoms. The first-order valence-electron chi connectivity index (χ1n) is 7.10. The predicted molar refractivity (Wildman–Crippen MR) is 73.7 cm³/mol. The molecule has 100 valence electrons. The van der Waals surface area contributed by atoms with Crippen LogP contribution in [-0.4, -0.2) is 23.9 Å². The molecule has 1 aliphatic rings. The standard InChI is InChI=1S/C16H24O2/c1-13-6-2-3-7-14(13)12-15(17)9-10-16-8-4-5-11-18-16/h2-3,6-7,15-17H,4-5,8-12H2,1H3. The highest BCUT2D eigenvalue weighted by atomic mass is 16.5. The van der Waals surface area contributed by atoms with Crippen LogP contribution in [0.25, 0.3) is 0 Å². The van der Waals surface area contributed by atoms with Crippen molar-refractivity contribution in [3.8, 4) is 0 Å². The largest absolute Gasteiger partial charge is 0.393 e. The Hall–Kier alpha value is -0.860. The van der Waals surface area contributed by atoms with Crippen LogP contribution in [0, 0.1) is 6.92 Å². The maximum absolute atomic E-state index is 10.1. The summed E-state index contributed by atoms with van der Waals surface area (Å²) in [4.78, 5) is 0. The Morgan fingerprint density at radius 2 is 2.17 bits per heavy atom. The number of hydrogen-bond acceptors (Lipinski definition) is 2. The van der Waals surface area contributed by atoms with Crippen LogP contribution in [0.5, 0.6) is 0 Å². The summed E-state index contributed by atoms with van der Waals surface area (Å²) in [5.74, 6) is 0. The normalized spacial score (nSPS) is 21.8. The van der Waals surface area contributed by atoms with Gasteiger partial charge in [-0.3, -0.25) is 0 Å². The van der Waals surface area contributed by atoms with Crippen LogP contribution in [0.1, 0.15) is 43.2 Å². The molecule has 1 heterocycles. The van der Waals surface area contributed by atoms with E-state index in [0.29, 0.717) is 6.10 Å². The number of aliphatic hydroxyl groups is 1. The van der Waals surface area contributed by atoms with Gasteiger partial charge in [-0.25, -0.2) is 0 Å². The molecule has 1 aliphatic heterocycles. The SMILES string of the molecule is Cc1ccccc1CC(O)CCC1CCCCO1. The van der Waals surface area contributed by atoms with E-state index in [1.54, 1.807) is 0 Å². The molecule has 1 N–H and O–H groups in total. The topological polar surface area (TPSA) is 29.5 Å². The summed E-state index contributed by atoms with van der Waals surface area (Å²) < 4.78 is 5.69. The second-order valence-corrected chi connectivity index (χ2v) is 5.35. The first-order chi connectivity index (χ1) is 8.75. The van der Waals surface area contributed by atoms with E-state index < -0.39 is 0 Å². The number of hydrogen-bond donors (Lipinski definition) is 1. The van der Waals surface area contributed by atoms with Crippen molar-refractivity contribution in [2.45, 2.75) is 57.7 Å². The van der Waals surface area contributed by atoms with Crippen molar-refractivity contribution in [2.24, 2.45) is 0 Å². The molecule has 1 aromatic rings. The van der Waals surface area contributed by atoms with E-state index in [2.05, 4.69) is 19.1 Å². The lowest BCUT2D eigenvalue weighted by atomic mass is 9.97.